The first-order valence-corrected chi connectivity index (χ1v) is 13.4. The van der Waals surface area contributed by atoms with Crippen LogP contribution in [0.2, 0.25) is 0 Å². The number of carboxylic acids is 1. The summed E-state index contributed by atoms with van der Waals surface area (Å²) in [5.41, 5.74) is -2.94. The number of hydrogen-bond acceptors (Lipinski definition) is 5. The summed E-state index contributed by atoms with van der Waals surface area (Å²) >= 11 is 0. The van der Waals surface area contributed by atoms with Crippen LogP contribution in [0.1, 0.15) is 25.8 Å². The molecule has 4 rings (SSSR count). The number of aliphatic carboxylic acids is 1. The van der Waals surface area contributed by atoms with Crippen LogP contribution in [0.4, 0.5) is 32.0 Å². The molecule has 0 radical (unpaired) electrons. The molecule has 14 heteroatoms. The van der Waals surface area contributed by atoms with E-state index in [4.69, 9.17) is 4.74 Å². The third-order valence-electron chi connectivity index (χ3n) is 6.43. The largest absolute Gasteiger partial charge is 0.486 e. The molecule has 0 unspecified atom stereocenters. The number of sulfonamides is 1. The van der Waals surface area contributed by atoms with Gasteiger partial charge in [-0.25, -0.2) is 12.8 Å². The molecule has 7 nitrogen and oxygen atoms in total. The van der Waals surface area contributed by atoms with E-state index in [1.54, 1.807) is 0 Å². The van der Waals surface area contributed by atoms with Crippen molar-refractivity contribution < 1.29 is 54.1 Å². The molecule has 3 aromatic carbocycles. The lowest BCUT2D eigenvalue weighted by atomic mass is 9.86. The van der Waals surface area contributed by atoms with E-state index in [9.17, 15) is 44.7 Å². The summed E-state index contributed by atoms with van der Waals surface area (Å²) in [4.78, 5) is 11.0. The topological polar surface area (TPSA) is 93.1 Å². The van der Waals surface area contributed by atoms with E-state index in [0.29, 0.717) is 12.1 Å². The Labute approximate surface area is 231 Å². The lowest BCUT2D eigenvalue weighted by molar-refractivity contribution is -0.148. The Morgan fingerprint density at radius 3 is 2.44 bits per heavy atom. The second-order valence-electron chi connectivity index (χ2n) is 9.90. The average Bonchev–Trinajstić information content (AvgIpc) is 2.88. The fourth-order valence-corrected chi connectivity index (χ4v) is 5.88. The fourth-order valence-electron chi connectivity index (χ4n) is 4.33. The number of hydrogen-bond donors (Lipinski definition) is 1. The minimum Gasteiger partial charge on any atom is -0.486 e. The molecular weight excluding hydrogens is 580 g/mol. The summed E-state index contributed by atoms with van der Waals surface area (Å²) in [6.07, 6.45) is -6.03. The number of halogens is 6. The number of benzene rings is 3. The van der Waals surface area contributed by atoms with Crippen molar-refractivity contribution in [2.75, 3.05) is 10.8 Å². The molecule has 1 aliphatic rings. The minimum absolute atomic E-state index is 0.0260. The molecule has 1 atom stereocenters. The number of rotatable bonds is 8. The maximum Gasteiger partial charge on any atom is 0.416 e. The number of alkyl halides is 5. The van der Waals surface area contributed by atoms with Gasteiger partial charge in [0.05, 0.1) is 28.1 Å². The first-order valence-electron chi connectivity index (χ1n) is 12.0. The van der Waals surface area contributed by atoms with Crippen molar-refractivity contribution in [2.45, 2.75) is 44.1 Å². The maximum atomic E-state index is 14.7. The zero-order chi connectivity index (χ0) is 30.3. The summed E-state index contributed by atoms with van der Waals surface area (Å²) < 4.78 is 119. The predicted octanol–water partition coefficient (Wildman–Crippen LogP) is 6.57. The molecule has 0 amide bonds. The highest BCUT2D eigenvalue weighted by Gasteiger charge is 2.40. The molecule has 1 N–H and O–H groups in total. The van der Waals surface area contributed by atoms with Gasteiger partial charge in [0.2, 0.25) is 0 Å². The van der Waals surface area contributed by atoms with Gasteiger partial charge in [0.15, 0.2) is 0 Å². The van der Waals surface area contributed by atoms with Crippen molar-refractivity contribution in [3.8, 4) is 22.6 Å². The smallest absolute Gasteiger partial charge is 0.416 e. The summed E-state index contributed by atoms with van der Waals surface area (Å²) in [5.74, 6) is -2.47. The number of fused-ring (bicyclic) bond motifs is 1. The van der Waals surface area contributed by atoms with Gasteiger partial charge >= 0.3 is 18.8 Å². The van der Waals surface area contributed by atoms with Gasteiger partial charge in [0.25, 0.3) is 10.0 Å². The number of nitrogens with zero attached hydrogens (tertiary/aromatic N) is 1. The van der Waals surface area contributed by atoms with Crippen molar-refractivity contribution >= 4 is 21.7 Å². The van der Waals surface area contributed by atoms with Crippen LogP contribution in [-0.2, 0) is 21.0 Å². The van der Waals surface area contributed by atoms with Gasteiger partial charge in [0.1, 0.15) is 23.4 Å². The third-order valence-corrected chi connectivity index (χ3v) is 8.21. The highest BCUT2D eigenvalue weighted by atomic mass is 32.2. The van der Waals surface area contributed by atoms with Crippen molar-refractivity contribution in [3.05, 3.63) is 72.0 Å². The SMILES string of the molecule is CC(C)(C[C@H]1CN(S(=O)(=O)c2cccc(C(F)(F)F)c2)c2cc(-c3cc(OC(F)F)ccc3F)ccc2O1)C(=O)O. The third kappa shape index (κ3) is 6.37. The van der Waals surface area contributed by atoms with E-state index >= 15 is 0 Å². The van der Waals surface area contributed by atoms with Gasteiger partial charge < -0.3 is 14.6 Å². The first kappa shape index (κ1) is 30.0. The van der Waals surface area contributed by atoms with Crippen LogP contribution in [0.5, 0.6) is 11.5 Å². The zero-order valence-electron chi connectivity index (χ0n) is 21.5. The Morgan fingerprint density at radius 1 is 1.10 bits per heavy atom. The van der Waals surface area contributed by atoms with Crippen LogP contribution in [-0.4, -0.2) is 38.8 Å². The fraction of sp³-hybridized carbons (Fsp3) is 0.296. The second kappa shape index (κ2) is 10.8. The Kier molecular flexibility index (Phi) is 7.91. The first-order chi connectivity index (χ1) is 19.0. The summed E-state index contributed by atoms with van der Waals surface area (Å²) in [6.45, 7) is -0.867. The van der Waals surface area contributed by atoms with Crippen LogP contribution in [0.3, 0.4) is 0 Å². The number of ether oxygens (including phenoxy) is 2. The van der Waals surface area contributed by atoms with Crippen molar-refractivity contribution in [3.63, 3.8) is 0 Å². The molecule has 0 spiro atoms. The van der Waals surface area contributed by atoms with E-state index in [1.165, 1.54) is 32.0 Å². The van der Waals surface area contributed by atoms with Crippen molar-refractivity contribution in [2.24, 2.45) is 5.41 Å². The van der Waals surface area contributed by atoms with Crippen LogP contribution in [0.15, 0.2) is 65.6 Å². The molecule has 0 aliphatic carbocycles. The van der Waals surface area contributed by atoms with E-state index < -0.39 is 63.1 Å². The van der Waals surface area contributed by atoms with Gasteiger partial charge in [-0.2, -0.15) is 22.0 Å². The normalized spacial score (nSPS) is 15.8. The molecule has 0 saturated carbocycles. The zero-order valence-corrected chi connectivity index (χ0v) is 22.3. The summed E-state index contributed by atoms with van der Waals surface area (Å²) in [6, 6.07) is 9.71. The van der Waals surface area contributed by atoms with Crippen molar-refractivity contribution in [1.82, 2.24) is 0 Å². The lowest BCUT2D eigenvalue weighted by Crippen LogP contribution is -2.46. The Balaban J connectivity index is 1.85. The van der Waals surface area contributed by atoms with Crippen molar-refractivity contribution in [1.29, 1.82) is 0 Å². The number of carbonyl (C=O) groups is 1. The van der Waals surface area contributed by atoms with E-state index in [0.717, 1.165) is 34.6 Å². The van der Waals surface area contributed by atoms with E-state index in [1.807, 2.05) is 0 Å². The monoisotopic (exact) mass is 603 g/mol. The molecule has 3 aromatic rings. The molecule has 41 heavy (non-hydrogen) atoms. The Hall–Kier alpha value is -3.94. The van der Waals surface area contributed by atoms with E-state index in [2.05, 4.69) is 4.74 Å². The van der Waals surface area contributed by atoms with E-state index in [-0.39, 0.29) is 34.7 Å². The van der Waals surface area contributed by atoms with Crippen LogP contribution in [0, 0.1) is 11.2 Å². The molecule has 1 heterocycles. The number of carboxylic acid groups (broad SMARTS) is 1. The van der Waals surface area contributed by atoms with Gasteiger partial charge in [0, 0.05) is 12.0 Å². The number of anilines is 1. The Morgan fingerprint density at radius 2 is 1.80 bits per heavy atom. The molecule has 0 fully saturated rings. The van der Waals surface area contributed by atoms with Crippen LogP contribution >= 0.6 is 0 Å². The van der Waals surface area contributed by atoms with Gasteiger partial charge in [-0.05, 0) is 67.9 Å². The molecule has 1 aliphatic heterocycles. The molecule has 0 bridgehead atoms. The molecule has 220 valence electrons. The molecule has 0 aromatic heterocycles. The molecular formula is C27H23F6NO6S. The van der Waals surface area contributed by atoms with Gasteiger partial charge in [-0.15, -0.1) is 0 Å². The summed E-state index contributed by atoms with van der Waals surface area (Å²) in [7, 11) is -4.71. The minimum atomic E-state index is -4.83. The van der Waals surface area contributed by atoms with Gasteiger partial charge in [-0.3, -0.25) is 9.10 Å². The lowest BCUT2D eigenvalue weighted by Gasteiger charge is -2.38. The Bertz CT molecular complexity index is 1570. The molecule has 0 saturated heterocycles. The quantitative estimate of drug-likeness (QED) is 0.293. The van der Waals surface area contributed by atoms with Crippen LogP contribution < -0.4 is 13.8 Å². The average molecular weight is 604 g/mol. The predicted molar refractivity (Wildman–Crippen MR) is 135 cm³/mol. The highest BCUT2D eigenvalue weighted by molar-refractivity contribution is 7.92. The maximum absolute atomic E-state index is 14.7. The van der Waals surface area contributed by atoms with Crippen LogP contribution in [0.25, 0.3) is 11.1 Å². The summed E-state index contributed by atoms with van der Waals surface area (Å²) in [5, 5.41) is 9.56. The standard InChI is InChI=1S/C27H23F6NO6S/c1-26(2,24(35)36)13-18-14-34(41(37,38)19-5-3-4-16(11-19)27(31,32)33)22-10-15(6-9-23(22)39-18)20-12-17(40-25(29)30)7-8-21(20)28/h3-12,18,25H,13-14H2,1-2H3,(H,35,36)/t18-/m0/s1. The second-order valence-corrected chi connectivity index (χ2v) is 11.8. The van der Waals surface area contributed by atoms with Gasteiger partial charge in [-0.1, -0.05) is 12.1 Å². The highest BCUT2D eigenvalue weighted by Crippen LogP contribution is 2.43.